The van der Waals surface area contributed by atoms with Gasteiger partial charge < -0.3 is 40.4 Å². The highest BCUT2D eigenvalue weighted by Crippen LogP contribution is 2.55. The molecule has 0 bridgehead atoms. The lowest BCUT2D eigenvalue weighted by atomic mass is 9.84. The van der Waals surface area contributed by atoms with Gasteiger partial charge in [-0.2, -0.15) is 0 Å². The van der Waals surface area contributed by atoms with Gasteiger partial charge in [0.2, 0.25) is 5.34 Å². The van der Waals surface area contributed by atoms with Crippen molar-refractivity contribution in [2.24, 2.45) is 0 Å². The third-order valence-electron chi connectivity index (χ3n) is 2.68. The van der Waals surface area contributed by atoms with E-state index in [0.29, 0.717) is 0 Å². The van der Waals surface area contributed by atoms with Crippen molar-refractivity contribution in [3.8, 4) is 0 Å². The van der Waals surface area contributed by atoms with Gasteiger partial charge in [0.1, 0.15) is 30.5 Å². The van der Waals surface area contributed by atoms with Crippen molar-refractivity contribution in [1.29, 1.82) is 0 Å². The van der Waals surface area contributed by atoms with E-state index in [9.17, 15) is 19.9 Å². The molecule has 0 spiro atoms. The van der Waals surface area contributed by atoms with Gasteiger partial charge in [0, 0.05) is 0 Å². The van der Waals surface area contributed by atoms with Crippen molar-refractivity contribution < 1.29 is 45.0 Å². The van der Waals surface area contributed by atoms with Crippen molar-refractivity contribution >= 4 is 7.60 Å². The highest BCUT2D eigenvalue weighted by Gasteiger charge is 2.66. The van der Waals surface area contributed by atoms with Gasteiger partial charge in [-0.1, -0.05) is 0 Å². The largest absolute Gasteiger partial charge is 0.387 e. The molecule has 1 saturated carbocycles. The van der Waals surface area contributed by atoms with E-state index in [2.05, 4.69) is 0 Å². The quantitative estimate of drug-likeness (QED) is 0.216. The third kappa shape index (κ3) is 1.70. The van der Waals surface area contributed by atoms with Crippen LogP contribution in [0.15, 0.2) is 0 Å². The van der Waals surface area contributed by atoms with Gasteiger partial charge in [-0.15, -0.1) is 0 Å². The summed E-state index contributed by atoms with van der Waals surface area (Å²) in [6.45, 7) is 0. The van der Waals surface area contributed by atoms with Crippen LogP contribution in [0.2, 0.25) is 0 Å². The van der Waals surface area contributed by atoms with Crippen molar-refractivity contribution in [2.75, 3.05) is 0 Å². The maximum atomic E-state index is 10.9. The molecule has 6 atom stereocenters. The predicted octanol–water partition coefficient (Wildman–Crippen LogP) is -4.33. The Hall–Kier alpha value is -0.0900. The van der Waals surface area contributed by atoms with Crippen LogP contribution in [0, 0.1) is 0 Å². The fourth-order valence-corrected chi connectivity index (χ4v) is 2.59. The number of aliphatic hydroxyl groups is 6. The van der Waals surface area contributed by atoms with Crippen molar-refractivity contribution in [3.05, 3.63) is 0 Å². The Bertz CT molecular complexity index is 297. The SMILES string of the molecule is O=P(O)(O)C1(O)[C@H](O)[C@@H](O)C(O)[C@H](O)[C@@H]1O. The number of hydrogen-bond donors (Lipinski definition) is 8. The molecule has 8 N–H and O–H groups in total. The molecule has 1 aliphatic rings. The molecule has 0 aromatic heterocycles. The smallest absolute Gasteiger partial charge is 0.362 e. The van der Waals surface area contributed by atoms with Gasteiger partial charge in [0.25, 0.3) is 0 Å². The maximum Gasteiger partial charge on any atom is 0.362 e. The number of aliphatic hydroxyl groups excluding tert-OH is 5. The minimum atomic E-state index is -5.44. The summed E-state index contributed by atoms with van der Waals surface area (Å²) in [5, 5.41) is 52.0. The molecular formula is C6H13O9P. The average Bonchev–Trinajstić information content (AvgIpc) is 2.19. The van der Waals surface area contributed by atoms with Gasteiger partial charge in [-0.25, -0.2) is 0 Å². The van der Waals surface area contributed by atoms with E-state index in [1.54, 1.807) is 0 Å². The van der Waals surface area contributed by atoms with E-state index < -0.39 is 43.5 Å². The fraction of sp³-hybridized carbons (Fsp3) is 1.00. The molecule has 0 aromatic carbocycles. The molecule has 0 radical (unpaired) electrons. The summed E-state index contributed by atoms with van der Waals surface area (Å²) in [6, 6.07) is 0. The molecule has 0 aromatic rings. The van der Waals surface area contributed by atoms with Crippen LogP contribution in [0.5, 0.6) is 0 Å². The molecule has 96 valence electrons. The van der Waals surface area contributed by atoms with Crippen molar-refractivity contribution in [3.63, 3.8) is 0 Å². The minimum Gasteiger partial charge on any atom is -0.387 e. The summed E-state index contributed by atoms with van der Waals surface area (Å²) in [7, 11) is -5.44. The minimum absolute atomic E-state index is 2.03. The summed E-state index contributed by atoms with van der Waals surface area (Å²) in [4.78, 5) is 17.6. The van der Waals surface area contributed by atoms with Gasteiger partial charge in [-0.05, 0) is 0 Å². The van der Waals surface area contributed by atoms with E-state index in [0.717, 1.165) is 0 Å². The summed E-state index contributed by atoms with van der Waals surface area (Å²) >= 11 is 0. The van der Waals surface area contributed by atoms with Crippen LogP contribution in [-0.2, 0) is 4.57 Å². The predicted molar refractivity (Wildman–Crippen MR) is 47.0 cm³/mol. The second-order valence-corrected chi connectivity index (χ2v) is 5.49. The standard InChI is InChI=1S/C6H13O9P/c7-1-2(8)4(10)6(12,16(13,14)15)5(11)3(1)9/h1-5,7-12H,(H2,13,14,15)/t1?,2-,3-,4-,5+,6?/m0/s1. The summed E-state index contributed by atoms with van der Waals surface area (Å²) in [5.74, 6) is 0. The van der Waals surface area contributed by atoms with E-state index in [4.69, 9.17) is 25.1 Å². The molecule has 0 amide bonds. The molecule has 10 heteroatoms. The molecule has 1 fully saturated rings. The van der Waals surface area contributed by atoms with Crippen LogP contribution in [0.4, 0.5) is 0 Å². The van der Waals surface area contributed by atoms with Gasteiger partial charge in [0.15, 0.2) is 0 Å². The highest BCUT2D eigenvalue weighted by atomic mass is 31.2. The first kappa shape index (κ1) is 14.0. The number of rotatable bonds is 1. The topological polar surface area (TPSA) is 179 Å². The van der Waals surface area contributed by atoms with Crippen LogP contribution in [0.1, 0.15) is 0 Å². The first-order valence-electron chi connectivity index (χ1n) is 4.23. The Morgan fingerprint density at radius 2 is 1.12 bits per heavy atom. The third-order valence-corrected chi connectivity index (χ3v) is 4.15. The van der Waals surface area contributed by atoms with E-state index >= 15 is 0 Å². The molecule has 1 rings (SSSR count). The van der Waals surface area contributed by atoms with Crippen molar-refractivity contribution in [2.45, 2.75) is 35.9 Å². The lowest BCUT2D eigenvalue weighted by Gasteiger charge is -2.47. The Balaban J connectivity index is 3.24. The van der Waals surface area contributed by atoms with E-state index in [1.807, 2.05) is 0 Å². The first-order valence-corrected chi connectivity index (χ1v) is 5.84. The van der Waals surface area contributed by atoms with Crippen LogP contribution in [-0.4, -0.2) is 76.3 Å². The average molecular weight is 260 g/mol. The maximum absolute atomic E-state index is 10.9. The Morgan fingerprint density at radius 3 is 1.38 bits per heavy atom. The second kappa shape index (κ2) is 3.98. The van der Waals surface area contributed by atoms with Gasteiger partial charge >= 0.3 is 7.60 Å². The summed E-state index contributed by atoms with van der Waals surface area (Å²) in [6.07, 6.45) is -11.4. The highest BCUT2D eigenvalue weighted by molar-refractivity contribution is 7.53. The van der Waals surface area contributed by atoms with Gasteiger partial charge in [-0.3, -0.25) is 4.57 Å². The zero-order chi connectivity index (χ0) is 12.9. The Morgan fingerprint density at radius 1 is 0.812 bits per heavy atom. The first-order chi connectivity index (χ1) is 7.05. The normalized spacial score (nSPS) is 50.4. The van der Waals surface area contributed by atoms with Crippen LogP contribution < -0.4 is 0 Å². The van der Waals surface area contributed by atoms with Gasteiger partial charge in [0.05, 0.1) is 0 Å². The summed E-state index contributed by atoms with van der Waals surface area (Å²) in [5.41, 5.74) is 0. The molecule has 0 aliphatic heterocycles. The molecule has 16 heavy (non-hydrogen) atoms. The van der Waals surface area contributed by atoms with Crippen LogP contribution >= 0.6 is 7.60 Å². The van der Waals surface area contributed by atoms with E-state index in [-0.39, 0.29) is 0 Å². The Kier molecular flexibility index (Phi) is 3.48. The lowest BCUT2D eigenvalue weighted by molar-refractivity contribution is -0.243. The molecule has 1 aliphatic carbocycles. The molecule has 0 heterocycles. The monoisotopic (exact) mass is 260 g/mol. The molecule has 9 nitrogen and oxygen atoms in total. The molecule has 0 saturated heterocycles. The van der Waals surface area contributed by atoms with Crippen LogP contribution in [0.3, 0.4) is 0 Å². The van der Waals surface area contributed by atoms with E-state index in [1.165, 1.54) is 0 Å². The molecule has 2 unspecified atom stereocenters. The summed E-state index contributed by atoms with van der Waals surface area (Å²) < 4.78 is 10.9. The van der Waals surface area contributed by atoms with Crippen LogP contribution in [0.25, 0.3) is 0 Å². The second-order valence-electron chi connectivity index (χ2n) is 3.69. The lowest BCUT2D eigenvalue weighted by Crippen LogP contribution is -2.70. The number of hydrogen-bond acceptors (Lipinski definition) is 7. The molecular weight excluding hydrogens is 247 g/mol. The zero-order valence-electron chi connectivity index (χ0n) is 7.82. The Labute approximate surface area is 89.4 Å². The van der Waals surface area contributed by atoms with Crippen molar-refractivity contribution in [1.82, 2.24) is 0 Å². The fourth-order valence-electron chi connectivity index (χ4n) is 1.60. The zero-order valence-corrected chi connectivity index (χ0v) is 8.71.